The molecule has 0 saturated carbocycles. The summed E-state index contributed by atoms with van der Waals surface area (Å²) in [4.78, 5) is 26.8. The number of rotatable bonds is 6. The molecule has 2 heterocycles. The molecule has 9 heteroatoms. The fourth-order valence-corrected chi connectivity index (χ4v) is 3.77. The summed E-state index contributed by atoms with van der Waals surface area (Å²) in [5.41, 5.74) is 7.90. The van der Waals surface area contributed by atoms with E-state index in [1.165, 1.54) is 6.33 Å². The lowest BCUT2D eigenvalue weighted by Gasteiger charge is -2.08. The standard InChI is InChI=1S/C15H18N3O5P/c16-15-10(4-1-2-7-19)14(24(20,21)22)13(23-15)9-5-3-6-11-12(9)18-8-17-11/h3,5-6,8,19H,1-2,4,7,16H2,(H,17,18)(H2,20,21,22). The molecule has 3 rings (SSSR count). The number of anilines is 1. The molecule has 0 spiro atoms. The maximum atomic E-state index is 12.1. The summed E-state index contributed by atoms with van der Waals surface area (Å²) in [6, 6.07) is 5.22. The number of H-pyrrole nitrogens is 1. The van der Waals surface area contributed by atoms with Crippen LogP contribution in [0.5, 0.6) is 0 Å². The van der Waals surface area contributed by atoms with Gasteiger partial charge in [0.2, 0.25) is 0 Å². The molecule has 0 saturated heterocycles. The van der Waals surface area contributed by atoms with Crippen LogP contribution >= 0.6 is 7.60 Å². The summed E-state index contributed by atoms with van der Waals surface area (Å²) in [6.45, 7) is 0.00242. The van der Waals surface area contributed by atoms with Gasteiger partial charge in [-0.05, 0) is 31.4 Å². The lowest BCUT2D eigenvalue weighted by Crippen LogP contribution is -2.12. The highest BCUT2D eigenvalue weighted by Crippen LogP contribution is 2.44. The Labute approximate surface area is 137 Å². The van der Waals surface area contributed by atoms with Gasteiger partial charge in [-0.1, -0.05) is 6.07 Å². The molecule has 0 aliphatic heterocycles. The number of aliphatic hydroxyl groups is 1. The average molecular weight is 351 g/mol. The van der Waals surface area contributed by atoms with Crippen LogP contribution < -0.4 is 11.0 Å². The van der Waals surface area contributed by atoms with E-state index >= 15 is 0 Å². The number of unbranched alkanes of at least 4 members (excludes halogenated alkanes) is 1. The normalized spacial score (nSPS) is 12.1. The molecular formula is C15H18N3O5P. The van der Waals surface area contributed by atoms with E-state index in [4.69, 9.17) is 15.3 Å². The summed E-state index contributed by atoms with van der Waals surface area (Å²) in [5, 5.41) is 8.70. The SMILES string of the molecule is Nc1oc(-c2cccc3[nH]cnc23)c(P(=O)(O)O)c1CCCCO. The third-order valence-corrected chi connectivity index (χ3v) is 4.89. The highest BCUT2D eigenvalue weighted by molar-refractivity contribution is 7.60. The summed E-state index contributed by atoms with van der Waals surface area (Å²) in [7, 11) is -4.62. The Morgan fingerprint density at radius 2 is 2.08 bits per heavy atom. The first kappa shape index (κ1) is 16.7. The maximum absolute atomic E-state index is 12.1. The van der Waals surface area contributed by atoms with Crippen molar-refractivity contribution >= 4 is 29.8 Å². The highest BCUT2D eigenvalue weighted by Gasteiger charge is 2.33. The molecule has 0 aliphatic carbocycles. The zero-order chi connectivity index (χ0) is 17.3. The number of aromatic amines is 1. The predicted molar refractivity (Wildman–Crippen MR) is 89.9 cm³/mol. The van der Waals surface area contributed by atoms with Gasteiger partial charge in [-0.3, -0.25) is 4.57 Å². The van der Waals surface area contributed by atoms with Crippen molar-refractivity contribution in [3.63, 3.8) is 0 Å². The molecular weight excluding hydrogens is 333 g/mol. The number of furan rings is 1. The molecule has 0 bridgehead atoms. The van der Waals surface area contributed by atoms with Crippen molar-refractivity contribution in [3.05, 3.63) is 30.1 Å². The second kappa shape index (κ2) is 6.41. The number of hydrogen-bond acceptors (Lipinski definition) is 5. The molecule has 2 aromatic heterocycles. The van der Waals surface area contributed by atoms with Crippen LogP contribution in [-0.2, 0) is 11.0 Å². The second-order valence-electron chi connectivity index (χ2n) is 5.45. The van der Waals surface area contributed by atoms with Crippen molar-refractivity contribution in [2.24, 2.45) is 0 Å². The molecule has 128 valence electrons. The van der Waals surface area contributed by atoms with Gasteiger partial charge < -0.3 is 30.0 Å². The number of hydrogen-bond donors (Lipinski definition) is 5. The fourth-order valence-electron chi connectivity index (χ4n) is 2.77. The van der Waals surface area contributed by atoms with Gasteiger partial charge in [0, 0.05) is 17.7 Å². The summed E-state index contributed by atoms with van der Waals surface area (Å²) < 4.78 is 17.6. The van der Waals surface area contributed by atoms with E-state index in [9.17, 15) is 14.4 Å². The zero-order valence-electron chi connectivity index (χ0n) is 12.8. The predicted octanol–water partition coefficient (Wildman–Crippen LogP) is 1.52. The Morgan fingerprint density at radius 3 is 2.79 bits per heavy atom. The van der Waals surface area contributed by atoms with Crippen LogP contribution in [0.3, 0.4) is 0 Å². The molecule has 0 radical (unpaired) electrons. The molecule has 0 fully saturated rings. The second-order valence-corrected chi connectivity index (χ2v) is 6.99. The molecule has 6 N–H and O–H groups in total. The lowest BCUT2D eigenvalue weighted by atomic mass is 10.1. The molecule has 0 atom stereocenters. The van der Waals surface area contributed by atoms with Gasteiger partial charge >= 0.3 is 7.60 Å². The molecule has 0 unspecified atom stereocenters. The van der Waals surface area contributed by atoms with E-state index in [-0.39, 0.29) is 23.6 Å². The van der Waals surface area contributed by atoms with Crippen molar-refractivity contribution in [2.45, 2.75) is 19.3 Å². The van der Waals surface area contributed by atoms with Crippen LogP contribution in [-0.4, -0.2) is 31.5 Å². The molecule has 24 heavy (non-hydrogen) atoms. The first-order chi connectivity index (χ1) is 11.4. The number of nitrogens with two attached hydrogens (primary N) is 1. The Balaban J connectivity index is 2.19. The van der Waals surface area contributed by atoms with Gasteiger partial charge in [-0.15, -0.1) is 0 Å². The van der Waals surface area contributed by atoms with Crippen LogP contribution in [0.15, 0.2) is 28.9 Å². The van der Waals surface area contributed by atoms with E-state index in [0.717, 1.165) is 5.52 Å². The van der Waals surface area contributed by atoms with Crippen LogP contribution in [0.4, 0.5) is 5.88 Å². The lowest BCUT2D eigenvalue weighted by molar-refractivity contribution is 0.284. The van der Waals surface area contributed by atoms with Gasteiger partial charge in [0.1, 0.15) is 5.30 Å². The minimum absolute atomic E-state index is 0.00242. The van der Waals surface area contributed by atoms with E-state index in [1.54, 1.807) is 18.2 Å². The quantitative estimate of drug-likeness (QED) is 0.334. The van der Waals surface area contributed by atoms with Crippen molar-refractivity contribution in [1.82, 2.24) is 9.97 Å². The summed E-state index contributed by atoms with van der Waals surface area (Å²) >= 11 is 0. The minimum Gasteiger partial charge on any atom is -0.440 e. The van der Waals surface area contributed by atoms with Gasteiger partial charge in [-0.2, -0.15) is 0 Å². The first-order valence-corrected chi connectivity index (χ1v) is 9.05. The number of fused-ring (bicyclic) bond motifs is 1. The fraction of sp³-hybridized carbons (Fsp3) is 0.267. The van der Waals surface area contributed by atoms with Crippen LogP contribution in [0.2, 0.25) is 0 Å². The van der Waals surface area contributed by atoms with Gasteiger partial charge in [0.05, 0.1) is 17.4 Å². The number of aromatic nitrogens is 2. The van der Waals surface area contributed by atoms with E-state index in [0.29, 0.717) is 35.9 Å². The molecule has 1 aromatic carbocycles. The van der Waals surface area contributed by atoms with E-state index in [2.05, 4.69) is 9.97 Å². The van der Waals surface area contributed by atoms with Crippen LogP contribution in [0, 0.1) is 0 Å². The third-order valence-electron chi connectivity index (χ3n) is 3.83. The molecule has 0 amide bonds. The highest BCUT2D eigenvalue weighted by atomic mass is 31.2. The third kappa shape index (κ3) is 2.97. The number of nitrogens with one attached hydrogen (secondary N) is 1. The monoisotopic (exact) mass is 351 g/mol. The molecule has 8 nitrogen and oxygen atoms in total. The van der Waals surface area contributed by atoms with Crippen LogP contribution in [0.1, 0.15) is 18.4 Å². The maximum Gasteiger partial charge on any atom is 0.360 e. The summed E-state index contributed by atoms with van der Waals surface area (Å²) in [6.07, 6.45) is 2.86. The number of imidazole rings is 1. The van der Waals surface area contributed by atoms with Gasteiger partial charge in [0.15, 0.2) is 11.6 Å². The Hall–Kier alpha value is -2.12. The molecule has 0 aliphatic rings. The Bertz CT molecular complexity index is 911. The topological polar surface area (TPSA) is 146 Å². The van der Waals surface area contributed by atoms with E-state index in [1.807, 2.05) is 0 Å². The largest absolute Gasteiger partial charge is 0.440 e. The summed E-state index contributed by atoms with van der Waals surface area (Å²) in [5.74, 6) is 0.0198. The minimum atomic E-state index is -4.62. The van der Waals surface area contributed by atoms with E-state index < -0.39 is 7.60 Å². The first-order valence-electron chi connectivity index (χ1n) is 7.44. The number of benzene rings is 1. The number of aliphatic hydroxyl groups excluding tert-OH is 1. The zero-order valence-corrected chi connectivity index (χ0v) is 13.7. The van der Waals surface area contributed by atoms with Gasteiger partial charge in [0.25, 0.3) is 0 Å². The van der Waals surface area contributed by atoms with Gasteiger partial charge in [-0.25, -0.2) is 4.98 Å². The number of nitrogens with zero attached hydrogens (tertiary/aromatic N) is 1. The average Bonchev–Trinajstić information content (AvgIpc) is 3.11. The van der Waals surface area contributed by atoms with Crippen LogP contribution in [0.25, 0.3) is 22.4 Å². The van der Waals surface area contributed by atoms with Crippen molar-refractivity contribution in [2.75, 3.05) is 12.3 Å². The van der Waals surface area contributed by atoms with Crippen molar-refractivity contribution < 1.29 is 23.9 Å². The number of para-hydroxylation sites is 1. The number of nitrogen functional groups attached to an aromatic ring is 1. The smallest absolute Gasteiger partial charge is 0.360 e. The molecule has 3 aromatic rings. The van der Waals surface area contributed by atoms with Crippen molar-refractivity contribution in [1.29, 1.82) is 0 Å². The Morgan fingerprint density at radius 1 is 1.29 bits per heavy atom. The Kier molecular flexibility index (Phi) is 4.47. The van der Waals surface area contributed by atoms with Crippen molar-refractivity contribution in [3.8, 4) is 11.3 Å².